The van der Waals surface area contributed by atoms with Gasteiger partial charge in [0, 0.05) is 30.2 Å². The first-order valence-corrected chi connectivity index (χ1v) is 8.69. The van der Waals surface area contributed by atoms with Gasteiger partial charge in [-0.05, 0) is 50.1 Å². The summed E-state index contributed by atoms with van der Waals surface area (Å²) >= 11 is 0. The highest BCUT2D eigenvalue weighted by molar-refractivity contribution is 5.96. The lowest BCUT2D eigenvalue weighted by Gasteiger charge is -2.16. The summed E-state index contributed by atoms with van der Waals surface area (Å²) in [6, 6.07) is 9.54. The summed E-state index contributed by atoms with van der Waals surface area (Å²) in [6.07, 6.45) is 0. The molecule has 2 aromatic rings. The summed E-state index contributed by atoms with van der Waals surface area (Å²) in [6.45, 7) is 6.50. The molecular weight excluding hydrogens is 332 g/mol. The van der Waals surface area contributed by atoms with Crippen LogP contribution in [0.2, 0.25) is 0 Å². The zero-order valence-electron chi connectivity index (χ0n) is 15.5. The number of carbonyl (C=O) groups excluding carboxylic acids is 1. The molecule has 1 saturated heterocycles. The minimum atomic E-state index is -0.837. The summed E-state index contributed by atoms with van der Waals surface area (Å²) in [5.41, 5.74) is 3.39. The van der Waals surface area contributed by atoms with Crippen molar-refractivity contribution in [1.29, 1.82) is 0 Å². The topological polar surface area (TPSA) is 71.8 Å². The van der Waals surface area contributed by atoms with Crippen LogP contribution in [-0.4, -0.2) is 46.6 Å². The molecule has 26 heavy (non-hydrogen) atoms. The highest BCUT2D eigenvalue weighted by atomic mass is 16.5. The second kappa shape index (κ2) is 6.86. The quantitative estimate of drug-likeness (QED) is 0.914. The largest absolute Gasteiger partial charge is 0.497 e. The van der Waals surface area contributed by atoms with Crippen molar-refractivity contribution in [2.75, 3.05) is 20.2 Å². The Morgan fingerprint density at radius 1 is 1.15 bits per heavy atom. The maximum Gasteiger partial charge on any atom is 0.308 e. The molecule has 0 saturated carbocycles. The number of amides is 1. The standard InChI is InChI=1S/C20H24N2O4/c1-12-10-21(11-18(12)20(24)25)19(23)17-9-13(2)22(14(17)3)15-5-7-16(26-4)8-6-15/h5-9,12,18H,10-11H2,1-4H3,(H,24,25)/t12-,18-/m1/s1. The van der Waals surface area contributed by atoms with Crippen molar-refractivity contribution in [3.8, 4) is 11.4 Å². The number of carbonyl (C=O) groups is 2. The lowest BCUT2D eigenvalue weighted by Crippen LogP contribution is -2.30. The second-order valence-corrected chi connectivity index (χ2v) is 6.95. The Bertz CT molecular complexity index is 838. The van der Waals surface area contributed by atoms with E-state index in [2.05, 4.69) is 0 Å². The van der Waals surface area contributed by atoms with Crippen LogP contribution in [0.1, 0.15) is 28.7 Å². The molecule has 2 heterocycles. The third-order valence-corrected chi connectivity index (χ3v) is 5.21. The van der Waals surface area contributed by atoms with Gasteiger partial charge in [0.15, 0.2) is 0 Å². The minimum Gasteiger partial charge on any atom is -0.497 e. The van der Waals surface area contributed by atoms with E-state index in [0.717, 1.165) is 22.8 Å². The fraction of sp³-hybridized carbons (Fsp3) is 0.400. The van der Waals surface area contributed by atoms with Gasteiger partial charge in [-0.15, -0.1) is 0 Å². The average molecular weight is 356 g/mol. The molecule has 1 aliphatic heterocycles. The number of nitrogens with zero attached hydrogens (tertiary/aromatic N) is 2. The predicted octanol–water partition coefficient (Wildman–Crippen LogP) is 2.90. The number of hydrogen-bond donors (Lipinski definition) is 1. The van der Waals surface area contributed by atoms with Crippen molar-refractivity contribution in [3.05, 3.63) is 47.3 Å². The van der Waals surface area contributed by atoms with Crippen molar-refractivity contribution in [1.82, 2.24) is 9.47 Å². The molecule has 0 bridgehead atoms. The highest BCUT2D eigenvalue weighted by Crippen LogP contribution is 2.28. The van der Waals surface area contributed by atoms with E-state index in [1.165, 1.54) is 0 Å². The van der Waals surface area contributed by atoms with Crippen molar-refractivity contribution in [3.63, 3.8) is 0 Å². The molecule has 0 aliphatic carbocycles. The van der Waals surface area contributed by atoms with Gasteiger partial charge in [0.25, 0.3) is 5.91 Å². The van der Waals surface area contributed by atoms with Crippen molar-refractivity contribution in [2.45, 2.75) is 20.8 Å². The first kappa shape index (κ1) is 18.0. The average Bonchev–Trinajstić information content (AvgIpc) is 3.14. The van der Waals surface area contributed by atoms with E-state index in [1.807, 2.05) is 55.7 Å². The lowest BCUT2D eigenvalue weighted by molar-refractivity contribution is -0.142. The number of aryl methyl sites for hydroxylation is 1. The molecule has 1 fully saturated rings. The van der Waals surface area contributed by atoms with Gasteiger partial charge in [0.2, 0.25) is 0 Å². The van der Waals surface area contributed by atoms with Crippen molar-refractivity contribution in [2.24, 2.45) is 11.8 Å². The monoisotopic (exact) mass is 356 g/mol. The van der Waals surface area contributed by atoms with E-state index in [0.29, 0.717) is 12.1 Å². The number of methoxy groups -OCH3 is 1. The minimum absolute atomic E-state index is 0.0403. The Morgan fingerprint density at radius 2 is 1.81 bits per heavy atom. The van der Waals surface area contributed by atoms with Gasteiger partial charge in [-0.3, -0.25) is 9.59 Å². The number of likely N-dealkylation sites (tertiary alicyclic amines) is 1. The number of hydrogen-bond acceptors (Lipinski definition) is 3. The molecule has 0 spiro atoms. The summed E-state index contributed by atoms with van der Waals surface area (Å²) in [4.78, 5) is 26.0. The zero-order chi connectivity index (χ0) is 19.0. The van der Waals surface area contributed by atoms with Gasteiger partial charge < -0.3 is 19.3 Å². The summed E-state index contributed by atoms with van der Waals surface area (Å²) in [5, 5.41) is 9.30. The number of rotatable bonds is 4. The number of carboxylic acid groups (broad SMARTS) is 1. The maximum atomic E-state index is 13.0. The van der Waals surface area contributed by atoms with Crippen LogP contribution < -0.4 is 4.74 Å². The Balaban J connectivity index is 1.90. The molecule has 6 heteroatoms. The van der Waals surface area contributed by atoms with Crippen LogP contribution in [0.4, 0.5) is 0 Å². The molecule has 1 amide bonds. The Kier molecular flexibility index (Phi) is 4.76. The van der Waals surface area contributed by atoms with Crippen molar-refractivity contribution >= 4 is 11.9 Å². The van der Waals surface area contributed by atoms with Crippen molar-refractivity contribution < 1.29 is 19.4 Å². The van der Waals surface area contributed by atoms with Gasteiger partial charge in [0.1, 0.15) is 5.75 Å². The van der Waals surface area contributed by atoms with E-state index in [-0.39, 0.29) is 18.4 Å². The third-order valence-electron chi connectivity index (χ3n) is 5.21. The molecule has 1 aromatic carbocycles. The molecule has 138 valence electrons. The van der Waals surface area contributed by atoms with E-state index < -0.39 is 11.9 Å². The molecule has 0 radical (unpaired) electrons. The van der Waals surface area contributed by atoms with Gasteiger partial charge >= 0.3 is 5.97 Å². The molecule has 1 aromatic heterocycles. The number of carboxylic acids is 1. The number of benzene rings is 1. The molecule has 0 unspecified atom stereocenters. The molecular formula is C20H24N2O4. The van der Waals surface area contributed by atoms with E-state index >= 15 is 0 Å². The van der Waals surface area contributed by atoms with Gasteiger partial charge in [-0.25, -0.2) is 0 Å². The lowest BCUT2D eigenvalue weighted by atomic mass is 9.99. The fourth-order valence-corrected chi connectivity index (χ4v) is 3.73. The van der Waals surface area contributed by atoms with Crippen LogP contribution >= 0.6 is 0 Å². The Morgan fingerprint density at radius 3 is 2.35 bits per heavy atom. The summed E-state index contributed by atoms with van der Waals surface area (Å²) in [5.74, 6) is -0.700. The first-order valence-electron chi connectivity index (χ1n) is 8.69. The molecule has 6 nitrogen and oxygen atoms in total. The summed E-state index contributed by atoms with van der Waals surface area (Å²) in [7, 11) is 1.62. The zero-order valence-corrected chi connectivity index (χ0v) is 15.5. The van der Waals surface area contributed by atoms with Crippen LogP contribution in [0.5, 0.6) is 5.75 Å². The smallest absolute Gasteiger partial charge is 0.308 e. The first-order chi connectivity index (χ1) is 12.3. The Hall–Kier alpha value is -2.76. The van der Waals surface area contributed by atoms with Gasteiger partial charge in [-0.2, -0.15) is 0 Å². The van der Waals surface area contributed by atoms with Crippen LogP contribution in [-0.2, 0) is 4.79 Å². The fourth-order valence-electron chi connectivity index (χ4n) is 3.73. The number of aromatic nitrogens is 1. The van der Waals surface area contributed by atoms with Crippen LogP contribution in [0, 0.1) is 25.7 Å². The second-order valence-electron chi connectivity index (χ2n) is 6.95. The van der Waals surface area contributed by atoms with Gasteiger partial charge in [0.05, 0.1) is 18.6 Å². The molecule has 2 atom stereocenters. The molecule has 1 aliphatic rings. The highest BCUT2D eigenvalue weighted by Gasteiger charge is 2.37. The van der Waals surface area contributed by atoms with Crippen LogP contribution in [0.25, 0.3) is 5.69 Å². The maximum absolute atomic E-state index is 13.0. The predicted molar refractivity (Wildman–Crippen MR) is 98.0 cm³/mol. The van der Waals surface area contributed by atoms with Crippen LogP contribution in [0.15, 0.2) is 30.3 Å². The molecule has 3 rings (SSSR count). The van der Waals surface area contributed by atoms with Gasteiger partial charge in [-0.1, -0.05) is 6.92 Å². The SMILES string of the molecule is COc1ccc(-n2c(C)cc(C(=O)N3C[C@@H](C)[C@H](C(=O)O)C3)c2C)cc1. The summed E-state index contributed by atoms with van der Waals surface area (Å²) < 4.78 is 7.23. The molecule has 1 N–H and O–H groups in total. The Labute approximate surface area is 153 Å². The van der Waals surface area contributed by atoms with E-state index in [4.69, 9.17) is 4.74 Å². The van der Waals surface area contributed by atoms with E-state index in [9.17, 15) is 14.7 Å². The van der Waals surface area contributed by atoms with E-state index in [1.54, 1.807) is 12.0 Å². The normalized spacial score (nSPS) is 19.6. The number of ether oxygens (including phenoxy) is 1. The number of aliphatic carboxylic acids is 1. The van der Waals surface area contributed by atoms with Crippen LogP contribution in [0.3, 0.4) is 0 Å². The third kappa shape index (κ3) is 3.07.